The van der Waals surface area contributed by atoms with E-state index in [1.807, 2.05) is 42.5 Å². The van der Waals surface area contributed by atoms with Crippen LogP contribution in [0.2, 0.25) is 0 Å². The van der Waals surface area contributed by atoms with Crippen molar-refractivity contribution < 1.29 is 53.0 Å². The van der Waals surface area contributed by atoms with Crippen LogP contribution in [0.1, 0.15) is 72.5 Å². The standard InChI is InChI=1S/C32H37N7O4.C31H35N7O4.C24H23N5O3/c1-22(40)32(41)39-12-9-28(10-13-39)43-29-7-2-23(18-24(29)19-33)31-34-11-8-30(36-31)35-25-3-5-26(6-4-25)37-14-16-38(17-15-37)27-20-42-21-27;32-18-23-17-22(1-6-28(23)42-27-8-11-38(12-9-27)30(40)19-39)31-33-10-7-29(35-31)34-24-2-4-25(5-3-24)36-13-15-37(16-14-36)26-20-41-21-26;1-26-24(30)16-2-5-19(6-3-16)28-22-8-11-27-23(29-22)17-4-7-21(18(14-17)15-25)32-20-9-12-31-13-10-20/h2-8,11,18,22,27-28,40H,9-10,12-17,20-21H2,1H3,(H,34,35,36);1-7,10,17,26-27,39H,8-9,11-16,19-21H2,(H,33,34,35);2-8,11,14,20H,9-10,12-13H2,1H3,(H,26,30)(H,27,28,29). The van der Waals surface area contributed by atoms with Gasteiger partial charge in [-0.3, -0.25) is 24.2 Å². The summed E-state index contributed by atoms with van der Waals surface area (Å²) in [5.41, 5.74) is 9.06. The second kappa shape index (κ2) is 39.3. The van der Waals surface area contributed by atoms with E-state index in [2.05, 4.69) is 133 Å². The predicted molar refractivity (Wildman–Crippen MR) is 440 cm³/mol. The van der Waals surface area contributed by atoms with Gasteiger partial charge in [-0.2, -0.15) is 15.8 Å². The van der Waals surface area contributed by atoms with Gasteiger partial charge in [0.05, 0.1) is 68.4 Å². The zero-order valence-corrected chi connectivity index (χ0v) is 65.5. The van der Waals surface area contributed by atoms with E-state index in [9.17, 15) is 35.3 Å². The quantitative estimate of drug-likeness (QED) is 0.0368. The van der Waals surface area contributed by atoms with Gasteiger partial charge in [0.25, 0.3) is 11.8 Å². The lowest BCUT2D eigenvalue weighted by molar-refractivity contribution is -0.141. The number of hydrogen-bond acceptors (Lipinski definition) is 27. The number of nitrogens with one attached hydrogen (secondary N) is 4. The smallest absolute Gasteiger partial charge is 0.251 e. The van der Waals surface area contributed by atoms with Crippen LogP contribution in [-0.2, 0) is 23.8 Å². The van der Waals surface area contributed by atoms with Crippen molar-refractivity contribution in [1.82, 2.24) is 54.8 Å². The summed E-state index contributed by atoms with van der Waals surface area (Å²) < 4.78 is 34.3. The molecule has 10 heterocycles. The second-order valence-electron chi connectivity index (χ2n) is 29.4. The summed E-state index contributed by atoms with van der Waals surface area (Å²) in [5, 5.41) is 60.4. The maximum atomic E-state index is 12.0. The molecule has 7 saturated heterocycles. The number of anilines is 8. The summed E-state index contributed by atoms with van der Waals surface area (Å²) in [6, 6.07) is 53.3. The molecule has 16 rings (SSSR count). The maximum absolute atomic E-state index is 12.0. The molecule has 7 aliphatic rings. The highest BCUT2D eigenvalue weighted by molar-refractivity contribution is 5.94. The van der Waals surface area contributed by atoms with Crippen molar-refractivity contribution in [2.45, 2.75) is 81.9 Å². The molecular weight excluding hydrogens is 1490 g/mol. The highest BCUT2D eigenvalue weighted by atomic mass is 16.5. The molecule has 9 aromatic rings. The van der Waals surface area contributed by atoms with Crippen LogP contribution >= 0.6 is 0 Å². The van der Waals surface area contributed by atoms with Crippen molar-refractivity contribution >= 4 is 63.6 Å². The number of aliphatic hydroxyl groups is 2. The van der Waals surface area contributed by atoms with Gasteiger partial charge < -0.3 is 79.5 Å². The minimum Gasteiger partial charge on any atom is -0.489 e. The van der Waals surface area contributed by atoms with Gasteiger partial charge in [0.15, 0.2) is 17.5 Å². The number of carbonyl (C=O) groups excluding carboxylic acids is 3. The van der Waals surface area contributed by atoms with Gasteiger partial charge in [-0.15, -0.1) is 0 Å². The summed E-state index contributed by atoms with van der Waals surface area (Å²) in [5.74, 6) is 4.31. The molecular formula is C87H95N19O11. The molecule has 0 radical (unpaired) electrons. The third-order valence-electron chi connectivity index (χ3n) is 21.7. The molecule has 0 saturated carbocycles. The Kier molecular flexibility index (Phi) is 27.2. The monoisotopic (exact) mass is 1580 g/mol. The van der Waals surface area contributed by atoms with Gasteiger partial charge in [-0.25, -0.2) is 29.9 Å². The average Bonchev–Trinajstić information content (AvgIpc) is 0.841. The highest BCUT2D eigenvalue weighted by Crippen LogP contribution is 2.34. The number of likely N-dealkylation sites (tertiary alicyclic amines) is 2. The Morgan fingerprint density at radius 1 is 0.470 bits per heavy atom. The van der Waals surface area contributed by atoms with E-state index in [4.69, 9.17) is 38.5 Å². The van der Waals surface area contributed by atoms with Crippen molar-refractivity contribution in [1.29, 1.82) is 15.8 Å². The van der Waals surface area contributed by atoms with Crippen molar-refractivity contribution in [3.63, 3.8) is 0 Å². The Bertz CT molecular complexity index is 5000. The zero-order chi connectivity index (χ0) is 81.0. The van der Waals surface area contributed by atoms with Crippen LogP contribution in [0.4, 0.5) is 45.9 Å². The Labute approximate surface area is 679 Å². The second-order valence-corrected chi connectivity index (χ2v) is 29.4. The number of aromatic nitrogens is 6. The summed E-state index contributed by atoms with van der Waals surface area (Å²) in [4.78, 5) is 75.8. The molecule has 7 aliphatic heterocycles. The van der Waals surface area contributed by atoms with E-state index >= 15 is 0 Å². The van der Waals surface area contributed by atoms with E-state index < -0.39 is 12.7 Å². The fraction of sp³-hybridized carbons (Fsp3) is 0.379. The fourth-order valence-corrected chi connectivity index (χ4v) is 14.8. The number of hydrogen-bond donors (Lipinski definition) is 6. The largest absolute Gasteiger partial charge is 0.489 e. The molecule has 30 nitrogen and oxygen atoms in total. The number of carbonyl (C=O) groups is 3. The van der Waals surface area contributed by atoms with Crippen molar-refractivity contribution in [2.24, 2.45) is 0 Å². The first-order chi connectivity index (χ1) is 57.2. The molecule has 3 aromatic heterocycles. The van der Waals surface area contributed by atoms with Gasteiger partial charge in [-0.05, 0) is 153 Å². The third kappa shape index (κ3) is 21.2. The summed E-state index contributed by atoms with van der Waals surface area (Å²) in [7, 11) is 1.60. The number of piperidine rings is 2. The van der Waals surface area contributed by atoms with Crippen LogP contribution in [0.15, 0.2) is 164 Å². The van der Waals surface area contributed by atoms with Crippen LogP contribution in [0.3, 0.4) is 0 Å². The first-order valence-electron chi connectivity index (χ1n) is 39.7. The third-order valence-corrected chi connectivity index (χ3v) is 21.7. The summed E-state index contributed by atoms with van der Waals surface area (Å²) in [6.45, 7) is 16.2. The van der Waals surface area contributed by atoms with Gasteiger partial charge >= 0.3 is 0 Å². The van der Waals surface area contributed by atoms with Crippen LogP contribution in [0.25, 0.3) is 34.2 Å². The number of benzene rings is 6. The molecule has 3 amide bonds. The number of aliphatic hydroxyl groups excluding tert-OH is 2. The van der Waals surface area contributed by atoms with Gasteiger partial charge in [0.2, 0.25) is 5.91 Å². The lowest BCUT2D eigenvalue weighted by Gasteiger charge is -2.43. The van der Waals surface area contributed by atoms with E-state index in [-0.39, 0.29) is 36.0 Å². The number of amides is 3. The Morgan fingerprint density at radius 2 is 0.829 bits per heavy atom. The fourth-order valence-electron chi connectivity index (χ4n) is 14.8. The van der Waals surface area contributed by atoms with Gasteiger partial charge in [-0.1, -0.05) is 0 Å². The molecule has 6 N–H and O–H groups in total. The molecule has 1 atom stereocenters. The molecule has 117 heavy (non-hydrogen) atoms. The van der Waals surface area contributed by atoms with Gasteiger partial charge in [0, 0.05) is 193 Å². The number of nitrogens with zero attached hydrogens (tertiary/aromatic N) is 15. The Balaban J connectivity index is 0.000000146. The number of piperazine rings is 2. The normalized spacial score (nSPS) is 17.3. The van der Waals surface area contributed by atoms with Crippen molar-refractivity contribution in [3.05, 3.63) is 186 Å². The number of ether oxygens (including phenoxy) is 6. The molecule has 6 aromatic carbocycles. The van der Waals surface area contributed by atoms with Crippen LogP contribution in [-0.4, -0.2) is 246 Å². The van der Waals surface area contributed by atoms with E-state index in [1.165, 1.54) is 18.3 Å². The van der Waals surface area contributed by atoms with Gasteiger partial charge in [0.1, 0.15) is 83.9 Å². The molecule has 7 fully saturated rings. The van der Waals surface area contributed by atoms with E-state index in [1.54, 1.807) is 90.0 Å². The molecule has 30 heteroatoms. The lowest BCUT2D eigenvalue weighted by Crippen LogP contribution is -2.56. The molecule has 0 spiro atoms. The Morgan fingerprint density at radius 3 is 1.16 bits per heavy atom. The molecule has 0 aliphatic carbocycles. The van der Waals surface area contributed by atoms with Crippen molar-refractivity contribution in [2.75, 3.05) is 158 Å². The predicted octanol–water partition coefficient (Wildman–Crippen LogP) is 9.35. The first kappa shape index (κ1) is 81.1. The summed E-state index contributed by atoms with van der Waals surface area (Å²) in [6.07, 6.45) is 8.07. The maximum Gasteiger partial charge on any atom is 0.251 e. The van der Waals surface area contributed by atoms with Crippen LogP contribution < -0.4 is 45.3 Å². The first-order valence-corrected chi connectivity index (χ1v) is 39.7. The molecule has 1 unspecified atom stereocenters. The Hall–Kier alpha value is -12.4. The SMILES string of the molecule is CC(O)C(=O)N1CCC(Oc2ccc(-c3nccc(Nc4ccc(N5CCN(C6COC6)CC5)cc4)n3)cc2C#N)CC1.CNC(=O)c1ccc(Nc2ccnc(-c3ccc(OC4CCOCC4)c(C#N)c3)n2)cc1.N#Cc1cc(-c2nccc(Nc3ccc(N4CCN(C5COC5)CC4)cc3)n2)ccc1OC1CCN(C(=O)CO)CC1. The van der Waals surface area contributed by atoms with Crippen LogP contribution in [0.5, 0.6) is 17.2 Å². The van der Waals surface area contributed by atoms with E-state index in [0.29, 0.717) is 163 Å². The highest BCUT2D eigenvalue weighted by Gasteiger charge is 2.32. The zero-order valence-electron chi connectivity index (χ0n) is 65.5. The van der Waals surface area contributed by atoms with Crippen molar-refractivity contribution in [3.8, 4) is 69.6 Å². The minimum atomic E-state index is -1.00. The molecule has 604 valence electrons. The number of nitriles is 3. The number of rotatable bonds is 22. The minimum absolute atomic E-state index is 0.0558. The van der Waals surface area contributed by atoms with Crippen LogP contribution in [0, 0.1) is 34.0 Å². The average molecular weight is 1580 g/mol. The molecule has 0 bridgehead atoms. The lowest BCUT2D eigenvalue weighted by atomic mass is 10.1. The van der Waals surface area contributed by atoms with E-state index in [0.717, 1.165) is 114 Å². The summed E-state index contributed by atoms with van der Waals surface area (Å²) >= 11 is 0. The topological polar surface area (TPSA) is 363 Å².